The largest absolute Gasteiger partial charge is 0.419 e. The first-order chi connectivity index (χ1) is 17.8. The van der Waals surface area contributed by atoms with Crippen LogP contribution in [0.15, 0.2) is 66.7 Å². The zero-order chi connectivity index (χ0) is 26.4. The lowest BCUT2D eigenvalue weighted by atomic mass is 10.0. The number of ether oxygens (including phenoxy) is 2. The summed E-state index contributed by atoms with van der Waals surface area (Å²) in [5.74, 6) is -1.18. The van der Waals surface area contributed by atoms with Gasteiger partial charge in [0.15, 0.2) is 17.3 Å². The second-order valence-electron chi connectivity index (χ2n) is 9.65. The number of rotatable bonds is 9. The van der Waals surface area contributed by atoms with Crippen LogP contribution in [0.4, 0.5) is 0 Å². The van der Waals surface area contributed by atoms with Gasteiger partial charge >= 0.3 is 11.9 Å². The van der Waals surface area contributed by atoms with Crippen molar-refractivity contribution in [3.05, 3.63) is 94.5 Å². The third-order valence-corrected chi connectivity index (χ3v) is 6.72. The molecule has 1 fully saturated rings. The van der Waals surface area contributed by atoms with Crippen molar-refractivity contribution in [1.82, 2.24) is 5.32 Å². The Bertz CT molecular complexity index is 1260. The van der Waals surface area contributed by atoms with Gasteiger partial charge in [0.2, 0.25) is 0 Å². The van der Waals surface area contributed by atoms with E-state index in [1.165, 1.54) is 25.0 Å². The summed E-state index contributed by atoms with van der Waals surface area (Å²) in [5, 5.41) is 3.49. The van der Waals surface area contributed by atoms with E-state index in [1.807, 2.05) is 45.0 Å². The number of benzene rings is 3. The molecule has 0 spiro atoms. The number of esters is 2. The molecule has 0 bridgehead atoms. The molecule has 1 aliphatic carbocycles. The van der Waals surface area contributed by atoms with Gasteiger partial charge in [-0.05, 0) is 75.6 Å². The van der Waals surface area contributed by atoms with Crippen molar-refractivity contribution in [2.24, 2.45) is 0 Å². The Hall–Kier alpha value is -3.77. The van der Waals surface area contributed by atoms with E-state index in [9.17, 15) is 14.4 Å². The third kappa shape index (κ3) is 6.71. The zero-order valence-electron chi connectivity index (χ0n) is 21.6. The SMILES string of the molecule is CCC(NC1CCCC1)C(=O)c1ccc(OC(=O)c2ccc(C)cc2)c(OC(=O)c2ccc(C)cc2)c1. The molecule has 6 nitrogen and oxygen atoms in total. The minimum atomic E-state index is -0.603. The molecule has 3 aromatic carbocycles. The van der Waals surface area contributed by atoms with Crippen LogP contribution < -0.4 is 14.8 Å². The van der Waals surface area contributed by atoms with Gasteiger partial charge in [-0.15, -0.1) is 0 Å². The first-order valence-corrected chi connectivity index (χ1v) is 12.9. The highest BCUT2D eigenvalue weighted by Crippen LogP contribution is 2.31. The molecular formula is C31H33NO5. The smallest absolute Gasteiger partial charge is 0.343 e. The number of carbonyl (C=O) groups is 3. The number of hydrogen-bond donors (Lipinski definition) is 1. The van der Waals surface area contributed by atoms with Crippen molar-refractivity contribution in [2.75, 3.05) is 0 Å². The van der Waals surface area contributed by atoms with E-state index < -0.39 is 11.9 Å². The number of aryl methyl sites for hydroxylation is 2. The molecule has 0 heterocycles. The van der Waals surface area contributed by atoms with Crippen LogP contribution in [0.2, 0.25) is 0 Å². The lowest BCUT2D eigenvalue weighted by molar-refractivity contribution is 0.0682. The highest BCUT2D eigenvalue weighted by atomic mass is 16.6. The van der Waals surface area contributed by atoms with E-state index in [0.717, 1.165) is 24.0 Å². The van der Waals surface area contributed by atoms with Crippen molar-refractivity contribution < 1.29 is 23.9 Å². The summed E-state index contributed by atoms with van der Waals surface area (Å²) in [5.41, 5.74) is 3.14. The van der Waals surface area contributed by atoms with Crippen molar-refractivity contribution in [3.8, 4) is 11.5 Å². The Balaban J connectivity index is 1.61. The average Bonchev–Trinajstić information content (AvgIpc) is 3.42. The Morgan fingerprint density at radius 1 is 0.757 bits per heavy atom. The summed E-state index contributed by atoms with van der Waals surface area (Å²) >= 11 is 0. The second kappa shape index (κ2) is 12.0. The minimum absolute atomic E-state index is 0.0209. The highest BCUT2D eigenvalue weighted by Gasteiger charge is 2.26. The van der Waals surface area contributed by atoms with E-state index in [2.05, 4.69) is 5.32 Å². The number of nitrogens with one attached hydrogen (secondary N) is 1. The number of carbonyl (C=O) groups excluding carboxylic acids is 3. The maximum Gasteiger partial charge on any atom is 0.343 e. The summed E-state index contributed by atoms with van der Waals surface area (Å²) in [7, 11) is 0. The molecule has 1 atom stereocenters. The zero-order valence-corrected chi connectivity index (χ0v) is 21.6. The average molecular weight is 500 g/mol. The molecule has 4 rings (SSSR count). The van der Waals surface area contributed by atoms with E-state index >= 15 is 0 Å². The molecule has 0 aliphatic heterocycles. The van der Waals surface area contributed by atoms with Gasteiger partial charge in [0.1, 0.15) is 0 Å². The van der Waals surface area contributed by atoms with Gasteiger partial charge in [0.05, 0.1) is 17.2 Å². The fraction of sp³-hybridized carbons (Fsp3) is 0.323. The Morgan fingerprint density at radius 2 is 1.24 bits per heavy atom. The minimum Gasteiger partial charge on any atom is -0.419 e. The topological polar surface area (TPSA) is 81.7 Å². The predicted octanol–water partition coefficient (Wildman–Crippen LogP) is 6.24. The van der Waals surface area contributed by atoms with Gasteiger partial charge in [-0.1, -0.05) is 55.2 Å². The van der Waals surface area contributed by atoms with Crippen molar-refractivity contribution in [2.45, 2.75) is 65.0 Å². The molecule has 0 aromatic heterocycles. The van der Waals surface area contributed by atoms with E-state index in [-0.39, 0.29) is 23.3 Å². The van der Waals surface area contributed by atoms with Crippen LogP contribution >= 0.6 is 0 Å². The molecule has 3 aromatic rings. The summed E-state index contributed by atoms with van der Waals surface area (Å²) in [6.07, 6.45) is 5.11. The fourth-order valence-electron chi connectivity index (χ4n) is 4.48. The molecule has 1 saturated carbocycles. The molecule has 192 valence electrons. The number of Topliss-reactive ketones (excluding diaryl/α,β-unsaturated/α-hetero) is 1. The van der Waals surface area contributed by atoms with Crippen LogP contribution in [0.25, 0.3) is 0 Å². The van der Waals surface area contributed by atoms with Gasteiger partial charge in [-0.25, -0.2) is 9.59 Å². The van der Waals surface area contributed by atoms with E-state index in [0.29, 0.717) is 29.2 Å². The molecule has 1 aliphatic rings. The number of hydrogen-bond acceptors (Lipinski definition) is 6. The molecule has 1 N–H and O–H groups in total. The van der Waals surface area contributed by atoms with Gasteiger partial charge < -0.3 is 14.8 Å². The van der Waals surface area contributed by atoms with Crippen molar-refractivity contribution in [1.29, 1.82) is 0 Å². The molecule has 6 heteroatoms. The predicted molar refractivity (Wildman–Crippen MR) is 143 cm³/mol. The van der Waals surface area contributed by atoms with E-state index in [4.69, 9.17) is 9.47 Å². The van der Waals surface area contributed by atoms with Gasteiger partial charge in [0.25, 0.3) is 0 Å². The van der Waals surface area contributed by atoms with E-state index in [1.54, 1.807) is 30.3 Å². The van der Waals surface area contributed by atoms with Crippen LogP contribution in [0.5, 0.6) is 11.5 Å². The van der Waals surface area contributed by atoms with Crippen molar-refractivity contribution >= 4 is 17.7 Å². The monoisotopic (exact) mass is 499 g/mol. The highest BCUT2D eigenvalue weighted by molar-refractivity contribution is 6.01. The lowest BCUT2D eigenvalue weighted by Crippen LogP contribution is -2.41. The fourth-order valence-corrected chi connectivity index (χ4v) is 4.48. The Kier molecular flexibility index (Phi) is 8.51. The molecule has 37 heavy (non-hydrogen) atoms. The standard InChI is InChI=1S/C31H33NO5/c1-4-26(32-25-7-5-6-8-25)29(33)24-17-18-27(36-30(34)22-13-9-20(2)10-14-22)28(19-24)37-31(35)23-15-11-21(3)12-16-23/h9-19,25-26,32H,4-8H2,1-3H3. The summed E-state index contributed by atoms with van der Waals surface area (Å²) < 4.78 is 11.3. The quantitative estimate of drug-likeness (QED) is 0.213. The van der Waals surface area contributed by atoms with Crippen LogP contribution in [-0.4, -0.2) is 29.8 Å². The van der Waals surface area contributed by atoms with Crippen LogP contribution in [0, 0.1) is 13.8 Å². The van der Waals surface area contributed by atoms with Crippen LogP contribution in [0.1, 0.15) is 81.2 Å². The van der Waals surface area contributed by atoms with Crippen LogP contribution in [-0.2, 0) is 0 Å². The van der Waals surface area contributed by atoms with Crippen LogP contribution in [0.3, 0.4) is 0 Å². The van der Waals surface area contributed by atoms with Crippen molar-refractivity contribution in [3.63, 3.8) is 0 Å². The summed E-state index contributed by atoms with van der Waals surface area (Å²) in [4.78, 5) is 39.1. The maximum atomic E-state index is 13.4. The Morgan fingerprint density at radius 3 is 1.76 bits per heavy atom. The third-order valence-electron chi connectivity index (χ3n) is 6.72. The van der Waals surface area contributed by atoms with Gasteiger partial charge in [-0.3, -0.25) is 4.79 Å². The first kappa shape index (κ1) is 26.3. The summed E-state index contributed by atoms with van der Waals surface area (Å²) in [6.45, 7) is 5.83. The second-order valence-corrected chi connectivity index (χ2v) is 9.65. The molecule has 0 radical (unpaired) electrons. The molecular weight excluding hydrogens is 466 g/mol. The molecule has 1 unspecified atom stereocenters. The van der Waals surface area contributed by atoms with Gasteiger partial charge in [0, 0.05) is 11.6 Å². The first-order valence-electron chi connectivity index (χ1n) is 12.9. The lowest BCUT2D eigenvalue weighted by Gasteiger charge is -2.21. The molecule has 0 amide bonds. The van der Waals surface area contributed by atoms with Gasteiger partial charge in [-0.2, -0.15) is 0 Å². The summed E-state index contributed by atoms with van der Waals surface area (Å²) in [6, 6.07) is 18.6. The normalized spacial score (nSPS) is 14.2. The maximum absolute atomic E-state index is 13.4. The Labute approximate surface area is 218 Å². The number of ketones is 1. The molecule has 0 saturated heterocycles.